The SMILES string of the molecule is N#CCNC(=O)[C@H](CSCc1cccc([N+](=O)[O-])c1)NC(=O)c1ccccc1. The maximum atomic E-state index is 12.3. The molecule has 0 aliphatic rings. The molecule has 1 atom stereocenters. The summed E-state index contributed by atoms with van der Waals surface area (Å²) in [5, 5.41) is 24.6. The van der Waals surface area contributed by atoms with E-state index in [-0.39, 0.29) is 18.0 Å². The fourth-order valence-electron chi connectivity index (χ4n) is 2.32. The van der Waals surface area contributed by atoms with Crippen LogP contribution in [0.5, 0.6) is 0 Å². The Bertz CT molecular complexity index is 883. The summed E-state index contributed by atoms with van der Waals surface area (Å²) in [5.41, 5.74) is 1.16. The number of hydrogen-bond acceptors (Lipinski definition) is 6. The molecule has 2 amide bonds. The van der Waals surface area contributed by atoms with Gasteiger partial charge >= 0.3 is 0 Å². The van der Waals surface area contributed by atoms with Crippen molar-refractivity contribution in [3.05, 3.63) is 75.8 Å². The van der Waals surface area contributed by atoms with Crippen LogP contribution < -0.4 is 10.6 Å². The number of amides is 2. The first kappa shape index (κ1) is 20.9. The molecule has 144 valence electrons. The summed E-state index contributed by atoms with van der Waals surface area (Å²) >= 11 is 1.35. The number of nitriles is 1. The normalized spacial score (nSPS) is 11.1. The van der Waals surface area contributed by atoms with Gasteiger partial charge < -0.3 is 10.6 Å². The summed E-state index contributed by atoms with van der Waals surface area (Å²) in [6.45, 7) is -0.161. The number of nitrogens with one attached hydrogen (secondary N) is 2. The number of non-ortho nitro benzene ring substituents is 1. The average Bonchev–Trinajstić information content (AvgIpc) is 2.72. The Balaban J connectivity index is 2.00. The highest BCUT2D eigenvalue weighted by molar-refractivity contribution is 7.98. The summed E-state index contributed by atoms with van der Waals surface area (Å²) in [4.78, 5) is 35.0. The zero-order chi connectivity index (χ0) is 20.4. The van der Waals surface area contributed by atoms with E-state index in [1.165, 1.54) is 23.9 Å². The van der Waals surface area contributed by atoms with Crippen LogP contribution in [0.2, 0.25) is 0 Å². The highest BCUT2D eigenvalue weighted by Crippen LogP contribution is 2.18. The summed E-state index contributed by atoms with van der Waals surface area (Å²) in [6, 6.07) is 15.7. The molecule has 0 fully saturated rings. The van der Waals surface area contributed by atoms with Crippen molar-refractivity contribution in [2.45, 2.75) is 11.8 Å². The van der Waals surface area contributed by atoms with Crippen LogP contribution in [0, 0.1) is 21.4 Å². The molecule has 0 spiro atoms. The molecule has 2 rings (SSSR count). The number of carbonyl (C=O) groups excluding carboxylic acids is 2. The van der Waals surface area contributed by atoms with Gasteiger partial charge in [-0.15, -0.1) is 0 Å². The second-order valence-electron chi connectivity index (χ2n) is 5.71. The molecule has 0 heterocycles. The minimum Gasteiger partial charge on any atom is -0.341 e. The van der Waals surface area contributed by atoms with E-state index in [9.17, 15) is 19.7 Å². The van der Waals surface area contributed by atoms with Crippen LogP contribution in [-0.2, 0) is 10.5 Å². The molecule has 2 aromatic rings. The third-order valence-electron chi connectivity index (χ3n) is 3.67. The van der Waals surface area contributed by atoms with E-state index in [2.05, 4.69) is 10.6 Å². The molecule has 0 unspecified atom stereocenters. The van der Waals surface area contributed by atoms with Gasteiger partial charge in [0.25, 0.3) is 11.6 Å². The lowest BCUT2D eigenvalue weighted by Gasteiger charge is -2.17. The van der Waals surface area contributed by atoms with Crippen molar-refractivity contribution in [2.24, 2.45) is 0 Å². The fraction of sp³-hybridized carbons (Fsp3) is 0.211. The lowest BCUT2D eigenvalue weighted by atomic mass is 10.2. The Morgan fingerprint density at radius 2 is 1.93 bits per heavy atom. The van der Waals surface area contributed by atoms with Gasteiger partial charge in [0, 0.05) is 29.2 Å². The van der Waals surface area contributed by atoms with E-state index < -0.39 is 22.8 Å². The number of nitrogens with zero attached hydrogens (tertiary/aromatic N) is 2. The molecule has 2 aromatic carbocycles. The predicted octanol–water partition coefficient (Wildman–Crippen LogP) is 2.27. The van der Waals surface area contributed by atoms with Gasteiger partial charge in [-0.3, -0.25) is 19.7 Å². The summed E-state index contributed by atoms with van der Waals surface area (Å²) < 4.78 is 0. The van der Waals surface area contributed by atoms with Crippen LogP contribution in [-0.4, -0.2) is 35.1 Å². The zero-order valence-electron chi connectivity index (χ0n) is 14.8. The number of nitro benzene ring substituents is 1. The molecule has 0 bridgehead atoms. The molecule has 0 aromatic heterocycles. The molecular weight excluding hydrogens is 380 g/mol. The van der Waals surface area contributed by atoms with Crippen LogP contribution in [0.4, 0.5) is 5.69 Å². The van der Waals surface area contributed by atoms with Crippen LogP contribution in [0.3, 0.4) is 0 Å². The maximum absolute atomic E-state index is 12.3. The number of rotatable bonds is 9. The Hall–Kier alpha value is -3.38. The minimum absolute atomic E-state index is 0.00112. The first-order valence-corrected chi connectivity index (χ1v) is 9.48. The van der Waals surface area contributed by atoms with E-state index in [4.69, 9.17) is 5.26 Å². The van der Waals surface area contributed by atoms with Gasteiger partial charge in [-0.2, -0.15) is 17.0 Å². The van der Waals surface area contributed by atoms with Crippen LogP contribution >= 0.6 is 11.8 Å². The molecular formula is C19H18N4O4S. The van der Waals surface area contributed by atoms with Crippen molar-refractivity contribution >= 4 is 29.3 Å². The Morgan fingerprint density at radius 1 is 1.18 bits per heavy atom. The summed E-state index contributed by atoms with van der Waals surface area (Å²) in [5.74, 6) is -0.172. The Morgan fingerprint density at radius 3 is 2.61 bits per heavy atom. The van der Waals surface area contributed by atoms with Crippen molar-refractivity contribution in [2.75, 3.05) is 12.3 Å². The van der Waals surface area contributed by atoms with Gasteiger partial charge in [0.15, 0.2) is 0 Å². The van der Waals surface area contributed by atoms with Gasteiger partial charge in [0.2, 0.25) is 5.91 Å². The monoisotopic (exact) mass is 398 g/mol. The number of nitro groups is 1. The maximum Gasteiger partial charge on any atom is 0.269 e. The number of hydrogen-bond donors (Lipinski definition) is 2. The van der Waals surface area contributed by atoms with E-state index in [0.29, 0.717) is 11.3 Å². The predicted molar refractivity (Wildman–Crippen MR) is 106 cm³/mol. The molecule has 0 aliphatic heterocycles. The Labute approximate surface area is 166 Å². The molecule has 28 heavy (non-hydrogen) atoms. The van der Waals surface area contributed by atoms with Gasteiger partial charge in [0.1, 0.15) is 12.6 Å². The second-order valence-corrected chi connectivity index (χ2v) is 6.74. The number of thioether (sulfide) groups is 1. The van der Waals surface area contributed by atoms with E-state index in [1.54, 1.807) is 42.5 Å². The zero-order valence-corrected chi connectivity index (χ0v) is 15.6. The van der Waals surface area contributed by atoms with Gasteiger partial charge in [-0.25, -0.2) is 0 Å². The lowest BCUT2D eigenvalue weighted by Crippen LogP contribution is -2.48. The quantitative estimate of drug-likeness (QED) is 0.379. The molecule has 0 radical (unpaired) electrons. The molecule has 0 saturated heterocycles. The summed E-state index contributed by atoms with van der Waals surface area (Å²) in [7, 11) is 0. The fourth-order valence-corrected chi connectivity index (χ4v) is 3.32. The van der Waals surface area contributed by atoms with Crippen LogP contribution in [0.15, 0.2) is 54.6 Å². The first-order valence-electron chi connectivity index (χ1n) is 8.33. The van der Waals surface area contributed by atoms with Crippen molar-refractivity contribution in [1.29, 1.82) is 5.26 Å². The van der Waals surface area contributed by atoms with Crippen molar-refractivity contribution in [3.8, 4) is 6.07 Å². The van der Waals surface area contributed by atoms with E-state index in [1.807, 2.05) is 6.07 Å². The highest BCUT2D eigenvalue weighted by atomic mass is 32.2. The Kier molecular flexibility index (Phi) is 7.99. The lowest BCUT2D eigenvalue weighted by molar-refractivity contribution is -0.384. The van der Waals surface area contributed by atoms with Crippen molar-refractivity contribution in [1.82, 2.24) is 10.6 Å². The van der Waals surface area contributed by atoms with Crippen LogP contribution in [0.1, 0.15) is 15.9 Å². The standard InChI is InChI=1S/C19H18N4O4S/c20-9-10-21-19(25)17(22-18(24)15-6-2-1-3-7-15)13-28-12-14-5-4-8-16(11-14)23(26)27/h1-8,11,17H,10,12-13H2,(H,21,25)(H,22,24)/t17-/m0/s1. The van der Waals surface area contributed by atoms with Crippen molar-refractivity contribution < 1.29 is 14.5 Å². The average molecular weight is 398 g/mol. The van der Waals surface area contributed by atoms with Gasteiger partial charge in [-0.05, 0) is 17.7 Å². The number of carbonyl (C=O) groups is 2. The molecule has 0 saturated carbocycles. The molecule has 0 aliphatic carbocycles. The molecule has 9 heteroatoms. The smallest absolute Gasteiger partial charge is 0.269 e. The van der Waals surface area contributed by atoms with Crippen molar-refractivity contribution in [3.63, 3.8) is 0 Å². The van der Waals surface area contributed by atoms with E-state index >= 15 is 0 Å². The third kappa shape index (κ3) is 6.41. The van der Waals surface area contributed by atoms with Gasteiger partial charge in [-0.1, -0.05) is 30.3 Å². The molecule has 2 N–H and O–H groups in total. The first-order chi connectivity index (χ1) is 13.5. The number of benzene rings is 2. The van der Waals surface area contributed by atoms with E-state index in [0.717, 1.165) is 5.56 Å². The second kappa shape index (κ2) is 10.7. The van der Waals surface area contributed by atoms with Crippen LogP contribution in [0.25, 0.3) is 0 Å². The summed E-state index contributed by atoms with van der Waals surface area (Å²) in [6.07, 6.45) is 0. The molecule has 8 nitrogen and oxygen atoms in total. The third-order valence-corrected chi connectivity index (χ3v) is 4.78. The largest absolute Gasteiger partial charge is 0.341 e. The topological polar surface area (TPSA) is 125 Å². The van der Waals surface area contributed by atoms with Gasteiger partial charge in [0.05, 0.1) is 11.0 Å². The highest BCUT2D eigenvalue weighted by Gasteiger charge is 2.21. The minimum atomic E-state index is -0.843.